The first-order chi connectivity index (χ1) is 5.65. The van der Waals surface area contributed by atoms with Gasteiger partial charge in [0.25, 0.3) is 0 Å². The van der Waals surface area contributed by atoms with E-state index in [-0.39, 0.29) is 17.9 Å². The minimum atomic E-state index is -0.203. The fraction of sp³-hybridized carbons (Fsp3) is 0.889. The summed E-state index contributed by atoms with van der Waals surface area (Å²) >= 11 is 0. The highest BCUT2D eigenvalue weighted by atomic mass is 16.3. The summed E-state index contributed by atoms with van der Waals surface area (Å²) in [6.07, 6.45) is 1.48. The Labute approximate surface area is 73.4 Å². The number of aliphatic hydroxyl groups is 1. The van der Waals surface area contributed by atoms with Gasteiger partial charge in [0.2, 0.25) is 5.91 Å². The molecule has 2 atom stereocenters. The molecule has 0 radical (unpaired) electrons. The van der Waals surface area contributed by atoms with E-state index < -0.39 is 0 Å². The summed E-state index contributed by atoms with van der Waals surface area (Å²) in [4.78, 5) is 12.8. The van der Waals surface area contributed by atoms with Crippen LogP contribution in [0, 0.1) is 5.92 Å². The Balaban J connectivity index is 2.49. The molecular weight excluding hydrogens is 154 g/mol. The maximum absolute atomic E-state index is 11.0. The van der Waals surface area contributed by atoms with Crippen molar-refractivity contribution in [3.63, 3.8) is 0 Å². The minimum Gasteiger partial charge on any atom is -0.393 e. The highest BCUT2D eigenvalue weighted by Gasteiger charge is 2.27. The molecule has 1 aliphatic heterocycles. The first-order valence-electron chi connectivity index (χ1n) is 4.58. The summed E-state index contributed by atoms with van der Waals surface area (Å²) in [5.41, 5.74) is 0. The summed E-state index contributed by atoms with van der Waals surface area (Å²) in [6, 6.07) is 0. The number of hydrogen-bond donors (Lipinski definition) is 1. The first-order valence-corrected chi connectivity index (χ1v) is 4.58. The van der Waals surface area contributed by atoms with Gasteiger partial charge in [-0.25, -0.2) is 0 Å². The fourth-order valence-corrected chi connectivity index (χ4v) is 1.71. The Kier molecular flexibility index (Phi) is 3.09. The zero-order valence-electron chi connectivity index (χ0n) is 7.79. The maximum atomic E-state index is 11.0. The van der Waals surface area contributed by atoms with Crippen LogP contribution < -0.4 is 0 Å². The van der Waals surface area contributed by atoms with E-state index >= 15 is 0 Å². The number of amides is 1. The van der Waals surface area contributed by atoms with Crippen molar-refractivity contribution in [2.45, 2.75) is 32.8 Å². The smallest absolute Gasteiger partial charge is 0.219 e. The molecule has 1 amide bonds. The van der Waals surface area contributed by atoms with Crippen molar-refractivity contribution in [1.82, 2.24) is 4.90 Å². The number of carbonyl (C=O) groups excluding carboxylic acids is 1. The van der Waals surface area contributed by atoms with Crippen LogP contribution in [0.1, 0.15) is 26.7 Å². The van der Waals surface area contributed by atoms with E-state index in [1.807, 2.05) is 4.90 Å². The van der Waals surface area contributed by atoms with Crippen LogP contribution in [-0.2, 0) is 4.79 Å². The monoisotopic (exact) mass is 171 g/mol. The van der Waals surface area contributed by atoms with Gasteiger partial charge in [-0.1, -0.05) is 6.92 Å². The molecule has 0 aromatic heterocycles. The van der Waals surface area contributed by atoms with Gasteiger partial charge in [-0.2, -0.15) is 0 Å². The van der Waals surface area contributed by atoms with Crippen LogP contribution in [0.3, 0.4) is 0 Å². The van der Waals surface area contributed by atoms with E-state index in [0.717, 1.165) is 19.4 Å². The van der Waals surface area contributed by atoms with E-state index in [1.165, 1.54) is 0 Å². The van der Waals surface area contributed by atoms with Crippen molar-refractivity contribution in [2.75, 3.05) is 13.1 Å². The van der Waals surface area contributed by atoms with Crippen LogP contribution in [0.25, 0.3) is 0 Å². The second kappa shape index (κ2) is 3.90. The molecular formula is C9H17NO2. The second-order valence-corrected chi connectivity index (χ2v) is 3.49. The van der Waals surface area contributed by atoms with E-state index in [0.29, 0.717) is 6.54 Å². The first kappa shape index (κ1) is 9.52. The third kappa shape index (κ3) is 1.97. The number of carbonyl (C=O) groups is 1. The van der Waals surface area contributed by atoms with E-state index in [4.69, 9.17) is 0 Å². The lowest BCUT2D eigenvalue weighted by atomic mass is 9.92. The van der Waals surface area contributed by atoms with Crippen LogP contribution in [0.2, 0.25) is 0 Å². The molecule has 12 heavy (non-hydrogen) atoms. The van der Waals surface area contributed by atoms with E-state index in [9.17, 15) is 9.90 Å². The lowest BCUT2D eigenvalue weighted by Crippen LogP contribution is -2.44. The highest BCUT2D eigenvalue weighted by Crippen LogP contribution is 2.19. The highest BCUT2D eigenvalue weighted by molar-refractivity contribution is 5.73. The SMILES string of the molecule is CC[C@H]1CN(C(C)=O)CC[C@H]1O. The fourth-order valence-electron chi connectivity index (χ4n) is 1.71. The summed E-state index contributed by atoms with van der Waals surface area (Å²) in [7, 11) is 0. The number of piperidine rings is 1. The number of aliphatic hydroxyl groups excluding tert-OH is 1. The lowest BCUT2D eigenvalue weighted by molar-refractivity contribution is -0.132. The van der Waals surface area contributed by atoms with E-state index in [1.54, 1.807) is 6.92 Å². The molecule has 0 unspecified atom stereocenters. The Morgan fingerprint density at radius 1 is 1.67 bits per heavy atom. The van der Waals surface area contributed by atoms with Crippen molar-refractivity contribution < 1.29 is 9.90 Å². The lowest BCUT2D eigenvalue weighted by Gasteiger charge is -2.35. The summed E-state index contributed by atoms with van der Waals surface area (Å²) in [5, 5.41) is 9.53. The van der Waals surface area contributed by atoms with Gasteiger partial charge in [0.1, 0.15) is 0 Å². The van der Waals surface area contributed by atoms with Crippen molar-refractivity contribution in [3.8, 4) is 0 Å². The van der Waals surface area contributed by atoms with Gasteiger partial charge in [-0.05, 0) is 12.8 Å². The van der Waals surface area contributed by atoms with Gasteiger partial charge in [0.05, 0.1) is 6.10 Å². The Morgan fingerprint density at radius 3 is 2.83 bits per heavy atom. The van der Waals surface area contributed by atoms with Gasteiger partial charge in [-0.3, -0.25) is 4.79 Å². The van der Waals surface area contributed by atoms with Crippen LogP contribution in [0.5, 0.6) is 0 Å². The molecule has 3 nitrogen and oxygen atoms in total. The van der Waals surface area contributed by atoms with Crippen molar-refractivity contribution in [1.29, 1.82) is 0 Å². The molecule has 0 bridgehead atoms. The summed E-state index contributed by atoms with van der Waals surface area (Å²) in [5.74, 6) is 0.406. The van der Waals surface area contributed by atoms with Crippen molar-refractivity contribution in [3.05, 3.63) is 0 Å². The standard InChI is InChI=1S/C9H17NO2/c1-3-8-6-10(7(2)11)5-4-9(8)12/h8-9,12H,3-6H2,1-2H3/t8-,9+/m0/s1. The molecule has 3 heteroatoms. The average Bonchev–Trinajstić information content (AvgIpc) is 2.05. The van der Waals surface area contributed by atoms with Gasteiger partial charge < -0.3 is 10.0 Å². The molecule has 1 saturated heterocycles. The van der Waals surface area contributed by atoms with Gasteiger partial charge in [0.15, 0.2) is 0 Å². The number of nitrogens with zero attached hydrogens (tertiary/aromatic N) is 1. The van der Waals surface area contributed by atoms with Crippen molar-refractivity contribution >= 4 is 5.91 Å². The Hall–Kier alpha value is -0.570. The third-order valence-corrected chi connectivity index (χ3v) is 2.66. The third-order valence-electron chi connectivity index (χ3n) is 2.66. The zero-order valence-corrected chi connectivity index (χ0v) is 7.79. The van der Waals surface area contributed by atoms with Gasteiger partial charge in [-0.15, -0.1) is 0 Å². The largest absolute Gasteiger partial charge is 0.393 e. The summed E-state index contributed by atoms with van der Waals surface area (Å²) in [6.45, 7) is 5.09. The van der Waals surface area contributed by atoms with Crippen LogP contribution in [-0.4, -0.2) is 35.1 Å². The molecule has 0 aliphatic carbocycles. The van der Waals surface area contributed by atoms with Crippen molar-refractivity contribution in [2.24, 2.45) is 5.92 Å². The number of hydrogen-bond acceptors (Lipinski definition) is 2. The van der Waals surface area contributed by atoms with E-state index in [2.05, 4.69) is 6.92 Å². The number of rotatable bonds is 1. The van der Waals surface area contributed by atoms with Crippen LogP contribution >= 0.6 is 0 Å². The average molecular weight is 171 g/mol. The molecule has 1 rings (SSSR count). The van der Waals surface area contributed by atoms with Gasteiger partial charge >= 0.3 is 0 Å². The predicted molar refractivity (Wildman–Crippen MR) is 46.7 cm³/mol. The normalized spacial score (nSPS) is 30.4. The predicted octanol–water partition coefficient (Wildman–Crippen LogP) is 0.626. The summed E-state index contributed by atoms with van der Waals surface area (Å²) < 4.78 is 0. The molecule has 0 saturated carbocycles. The zero-order chi connectivity index (χ0) is 9.14. The molecule has 1 fully saturated rings. The molecule has 70 valence electrons. The van der Waals surface area contributed by atoms with Gasteiger partial charge in [0, 0.05) is 25.9 Å². The second-order valence-electron chi connectivity index (χ2n) is 3.49. The van der Waals surface area contributed by atoms with Crippen LogP contribution in [0.15, 0.2) is 0 Å². The maximum Gasteiger partial charge on any atom is 0.219 e. The quantitative estimate of drug-likeness (QED) is 0.628. The Morgan fingerprint density at radius 2 is 2.33 bits per heavy atom. The molecule has 0 aromatic carbocycles. The minimum absolute atomic E-state index is 0.125. The molecule has 0 spiro atoms. The number of likely N-dealkylation sites (tertiary alicyclic amines) is 1. The topological polar surface area (TPSA) is 40.5 Å². The molecule has 0 aromatic rings. The molecule has 1 N–H and O–H groups in total. The molecule has 1 aliphatic rings. The Bertz CT molecular complexity index is 170. The molecule has 1 heterocycles. The van der Waals surface area contributed by atoms with Crippen LogP contribution in [0.4, 0.5) is 0 Å².